The van der Waals surface area contributed by atoms with Gasteiger partial charge in [-0.1, -0.05) is 24.3 Å². The van der Waals surface area contributed by atoms with E-state index in [2.05, 4.69) is 33.2 Å². The van der Waals surface area contributed by atoms with Gasteiger partial charge in [0.15, 0.2) is 0 Å². The molecule has 156 valence electrons. The average molecular weight is 543 g/mol. The van der Waals surface area contributed by atoms with Gasteiger partial charge < -0.3 is 10.6 Å². The summed E-state index contributed by atoms with van der Waals surface area (Å²) in [4.78, 5) is 39.6. The molecule has 1 aliphatic rings. The van der Waals surface area contributed by atoms with Crippen molar-refractivity contribution in [1.82, 2.24) is 0 Å². The summed E-state index contributed by atoms with van der Waals surface area (Å²) in [5, 5.41) is 5.05. The van der Waals surface area contributed by atoms with Gasteiger partial charge in [-0.05, 0) is 77.2 Å². The molecule has 3 aromatic carbocycles. The smallest absolute Gasteiger partial charge is 0.308 e. The van der Waals surface area contributed by atoms with E-state index in [0.717, 1.165) is 8.47 Å². The summed E-state index contributed by atoms with van der Waals surface area (Å²) in [6.45, 7) is 0. The van der Waals surface area contributed by atoms with E-state index in [4.69, 9.17) is 0 Å². The molecule has 31 heavy (non-hydrogen) atoms. The van der Waals surface area contributed by atoms with Gasteiger partial charge in [0.1, 0.15) is 0 Å². The van der Waals surface area contributed by atoms with E-state index < -0.39 is 5.25 Å². The first-order valence-corrected chi connectivity index (χ1v) is 11.5. The lowest BCUT2D eigenvalue weighted by Crippen LogP contribution is -2.31. The number of para-hydroxylation sites is 1. The first-order valence-electron chi connectivity index (χ1n) is 9.52. The number of urea groups is 1. The fraction of sp³-hybridized carbons (Fsp3) is 0.0870. The molecule has 0 radical (unpaired) electrons. The molecule has 2 N–H and O–H groups in total. The van der Waals surface area contributed by atoms with E-state index in [0.29, 0.717) is 17.1 Å². The molecule has 8 heteroatoms. The number of halogens is 1. The standard InChI is InChI=1S/C23H18IN3O3S/c24-15-9-11-18(12-10-15)27-21(28)14-20(22(27)29)31-19-8-4-7-17(13-19)26-23(30)25-16-5-2-1-3-6-16/h1-13,20H,14H2,(H2,25,26,30)/t20-/m0/s1. The highest BCUT2D eigenvalue weighted by molar-refractivity contribution is 14.1. The number of thioether (sulfide) groups is 1. The lowest BCUT2D eigenvalue weighted by molar-refractivity contribution is -0.121. The molecule has 0 bridgehead atoms. The van der Waals surface area contributed by atoms with E-state index in [-0.39, 0.29) is 24.3 Å². The first-order chi connectivity index (χ1) is 15.0. The summed E-state index contributed by atoms with van der Waals surface area (Å²) < 4.78 is 1.03. The Morgan fingerprint density at radius 2 is 1.58 bits per heavy atom. The highest BCUT2D eigenvalue weighted by atomic mass is 127. The molecule has 1 fully saturated rings. The van der Waals surface area contributed by atoms with E-state index >= 15 is 0 Å². The van der Waals surface area contributed by atoms with E-state index in [9.17, 15) is 14.4 Å². The number of benzene rings is 3. The Bertz CT molecular complexity index is 1120. The predicted octanol–water partition coefficient (Wildman–Crippen LogP) is 5.36. The largest absolute Gasteiger partial charge is 0.323 e. The number of nitrogens with one attached hydrogen (secondary N) is 2. The number of rotatable bonds is 5. The molecular weight excluding hydrogens is 525 g/mol. The molecule has 0 aliphatic carbocycles. The van der Waals surface area contributed by atoms with Gasteiger partial charge in [0.2, 0.25) is 11.8 Å². The van der Waals surface area contributed by atoms with Gasteiger partial charge in [0.25, 0.3) is 0 Å². The molecule has 1 aliphatic heterocycles. The molecule has 4 amide bonds. The SMILES string of the molecule is O=C(Nc1ccccc1)Nc1cccc(S[C@H]2CC(=O)N(c3ccc(I)cc3)C2=O)c1. The predicted molar refractivity (Wildman–Crippen MR) is 131 cm³/mol. The molecule has 4 rings (SSSR count). The molecular formula is C23H18IN3O3S. The monoisotopic (exact) mass is 543 g/mol. The van der Waals surface area contributed by atoms with Gasteiger partial charge in [-0.15, -0.1) is 11.8 Å². The highest BCUT2D eigenvalue weighted by Gasteiger charge is 2.40. The summed E-state index contributed by atoms with van der Waals surface area (Å²) in [5.41, 5.74) is 1.88. The Kier molecular flexibility index (Phi) is 6.57. The zero-order valence-corrected chi connectivity index (χ0v) is 19.2. The van der Waals surface area contributed by atoms with Crippen LogP contribution in [0.5, 0.6) is 0 Å². The van der Waals surface area contributed by atoms with Gasteiger partial charge >= 0.3 is 6.03 Å². The van der Waals surface area contributed by atoms with Crippen molar-refractivity contribution < 1.29 is 14.4 Å². The van der Waals surface area contributed by atoms with Gasteiger partial charge in [0.05, 0.1) is 10.9 Å². The third-order valence-corrected chi connectivity index (χ3v) is 6.49. The van der Waals surface area contributed by atoms with Crippen LogP contribution in [-0.4, -0.2) is 23.1 Å². The molecule has 0 saturated carbocycles. The van der Waals surface area contributed by atoms with Crippen molar-refractivity contribution in [3.05, 3.63) is 82.4 Å². The third-order valence-electron chi connectivity index (χ3n) is 4.59. The molecule has 0 unspecified atom stereocenters. The van der Waals surface area contributed by atoms with Gasteiger partial charge in [-0.3, -0.25) is 9.59 Å². The topological polar surface area (TPSA) is 78.5 Å². The zero-order valence-electron chi connectivity index (χ0n) is 16.2. The zero-order chi connectivity index (χ0) is 21.8. The van der Waals surface area contributed by atoms with Crippen LogP contribution in [0.3, 0.4) is 0 Å². The second-order valence-corrected chi connectivity index (χ2v) is 9.35. The Hall–Kier alpha value is -2.85. The number of carbonyl (C=O) groups is 3. The molecule has 3 aromatic rings. The van der Waals surface area contributed by atoms with Crippen molar-refractivity contribution in [2.24, 2.45) is 0 Å². The van der Waals surface area contributed by atoms with Crippen molar-refractivity contribution in [2.75, 3.05) is 15.5 Å². The second-order valence-electron chi connectivity index (χ2n) is 6.83. The van der Waals surface area contributed by atoms with Crippen LogP contribution in [-0.2, 0) is 9.59 Å². The van der Waals surface area contributed by atoms with E-state index in [1.54, 1.807) is 42.5 Å². The van der Waals surface area contributed by atoms with Crippen LogP contribution < -0.4 is 15.5 Å². The van der Waals surface area contributed by atoms with Gasteiger partial charge in [-0.25, -0.2) is 9.69 Å². The molecule has 6 nitrogen and oxygen atoms in total. The highest BCUT2D eigenvalue weighted by Crippen LogP contribution is 2.35. The lowest BCUT2D eigenvalue weighted by atomic mass is 10.3. The third kappa shape index (κ3) is 5.26. The van der Waals surface area contributed by atoms with Crippen molar-refractivity contribution in [2.45, 2.75) is 16.6 Å². The minimum absolute atomic E-state index is 0.141. The summed E-state index contributed by atoms with van der Waals surface area (Å²) in [5.74, 6) is -0.434. The van der Waals surface area contributed by atoms with Crippen LogP contribution in [0, 0.1) is 3.57 Å². The van der Waals surface area contributed by atoms with Crippen LogP contribution in [0.15, 0.2) is 83.8 Å². The molecule has 1 heterocycles. The summed E-state index contributed by atoms with van der Waals surface area (Å²) >= 11 is 3.50. The van der Waals surface area contributed by atoms with Crippen LogP contribution >= 0.6 is 34.4 Å². The van der Waals surface area contributed by atoms with E-state index in [1.807, 2.05) is 36.4 Å². The Labute approximate surface area is 197 Å². The maximum absolute atomic E-state index is 12.9. The normalized spacial score (nSPS) is 15.8. The minimum Gasteiger partial charge on any atom is -0.308 e. The maximum atomic E-state index is 12.9. The van der Waals surface area contributed by atoms with Gasteiger partial charge in [0, 0.05) is 26.3 Å². The van der Waals surface area contributed by atoms with Gasteiger partial charge in [-0.2, -0.15) is 0 Å². The molecule has 1 saturated heterocycles. The van der Waals surface area contributed by atoms with Crippen LogP contribution in [0.2, 0.25) is 0 Å². The van der Waals surface area contributed by atoms with Crippen molar-refractivity contribution in [3.63, 3.8) is 0 Å². The Balaban J connectivity index is 1.41. The number of anilines is 3. The molecule has 1 atom stereocenters. The summed E-state index contributed by atoms with van der Waals surface area (Å²) in [6.07, 6.45) is 0.141. The van der Waals surface area contributed by atoms with Crippen LogP contribution in [0.1, 0.15) is 6.42 Å². The van der Waals surface area contributed by atoms with Crippen LogP contribution in [0.25, 0.3) is 0 Å². The molecule has 0 spiro atoms. The van der Waals surface area contributed by atoms with Crippen LogP contribution in [0.4, 0.5) is 21.9 Å². The van der Waals surface area contributed by atoms with Crippen molar-refractivity contribution in [1.29, 1.82) is 0 Å². The van der Waals surface area contributed by atoms with Crippen molar-refractivity contribution >= 4 is 69.3 Å². The quantitative estimate of drug-likeness (QED) is 0.336. The maximum Gasteiger partial charge on any atom is 0.323 e. The lowest BCUT2D eigenvalue weighted by Gasteiger charge is -2.15. The number of nitrogens with zero attached hydrogens (tertiary/aromatic N) is 1. The summed E-state index contributed by atoms with van der Waals surface area (Å²) in [7, 11) is 0. The Morgan fingerprint density at radius 1 is 0.903 bits per heavy atom. The average Bonchev–Trinajstić information content (AvgIpc) is 3.02. The number of hydrogen-bond donors (Lipinski definition) is 2. The fourth-order valence-electron chi connectivity index (χ4n) is 3.18. The van der Waals surface area contributed by atoms with E-state index in [1.165, 1.54) is 16.7 Å². The fourth-order valence-corrected chi connectivity index (χ4v) is 4.66. The number of imide groups is 1. The number of hydrogen-bond acceptors (Lipinski definition) is 4. The van der Waals surface area contributed by atoms with Crippen molar-refractivity contribution in [3.8, 4) is 0 Å². The second kappa shape index (κ2) is 9.52. The number of amides is 4. The summed E-state index contributed by atoms with van der Waals surface area (Å²) in [6, 6.07) is 23.3. The minimum atomic E-state index is -0.500. The first kappa shape index (κ1) is 21.4. The Morgan fingerprint density at radius 3 is 2.32 bits per heavy atom. The number of carbonyl (C=O) groups excluding carboxylic acids is 3. The molecule has 0 aromatic heterocycles.